The zero-order valence-corrected chi connectivity index (χ0v) is 12.6. The lowest BCUT2D eigenvalue weighted by atomic mass is 10.0. The van der Waals surface area contributed by atoms with E-state index in [1.54, 1.807) is 18.6 Å². The number of aromatic nitrogens is 2. The van der Waals surface area contributed by atoms with Gasteiger partial charge in [-0.25, -0.2) is 0 Å². The zero-order chi connectivity index (χ0) is 15.6. The Morgan fingerprint density at radius 3 is 2.83 bits per heavy atom. The van der Waals surface area contributed by atoms with Crippen LogP contribution in [-0.4, -0.2) is 16.6 Å². The molecule has 114 valence electrons. The maximum atomic E-state index is 12.1. The summed E-state index contributed by atoms with van der Waals surface area (Å²) < 4.78 is 5.53. The molecule has 0 saturated heterocycles. The number of rotatable bonds is 3. The van der Waals surface area contributed by atoms with E-state index in [0.717, 1.165) is 41.0 Å². The second kappa shape index (κ2) is 5.72. The Morgan fingerprint density at radius 1 is 1.09 bits per heavy atom. The third kappa shape index (κ3) is 2.75. The van der Waals surface area contributed by atoms with E-state index in [-0.39, 0.29) is 5.56 Å². The van der Waals surface area contributed by atoms with E-state index in [1.165, 1.54) is 5.56 Å². The summed E-state index contributed by atoms with van der Waals surface area (Å²) in [7, 11) is 0. The summed E-state index contributed by atoms with van der Waals surface area (Å²) in [6.07, 6.45) is 6.80. The Morgan fingerprint density at radius 2 is 1.96 bits per heavy atom. The Bertz CT molecular complexity index is 901. The van der Waals surface area contributed by atoms with Crippen molar-refractivity contribution in [2.45, 2.75) is 12.8 Å². The van der Waals surface area contributed by atoms with Gasteiger partial charge in [-0.15, -0.1) is 0 Å². The fourth-order valence-corrected chi connectivity index (χ4v) is 2.94. The first-order valence-corrected chi connectivity index (χ1v) is 7.66. The smallest absolute Gasteiger partial charge is 0.251 e. The van der Waals surface area contributed by atoms with Crippen LogP contribution >= 0.6 is 0 Å². The van der Waals surface area contributed by atoms with Gasteiger partial charge >= 0.3 is 0 Å². The molecule has 0 amide bonds. The van der Waals surface area contributed by atoms with Crippen molar-refractivity contribution >= 4 is 0 Å². The monoisotopic (exact) mass is 304 g/mol. The summed E-state index contributed by atoms with van der Waals surface area (Å²) in [6.45, 7) is 0.747. The normalized spacial score (nSPS) is 12.7. The van der Waals surface area contributed by atoms with Crippen LogP contribution in [0.2, 0.25) is 0 Å². The largest absolute Gasteiger partial charge is 0.493 e. The Hall–Kier alpha value is -2.88. The number of hydrogen-bond donors (Lipinski definition) is 1. The molecule has 0 unspecified atom stereocenters. The van der Waals surface area contributed by atoms with Crippen LogP contribution in [0.3, 0.4) is 0 Å². The van der Waals surface area contributed by atoms with Crippen molar-refractivity contribution < 1.29 is 4.74 Å². The molecular formula is C19H16N2O2. The fraction of sp³-hybridized carbons (Fsp3) is 0.158. The predicted molar refractivity (Wildman–Crippen MR) is 88.7 cm³/mol. The van der Waals surface area contributed by atoms with Gasteiger partial charge in [0, 0.05) is 37.0 Å². The van der Waals surface area contributed by atoms with Gasteiger partial charge in [-0.2, -0.15) is 0 Å². The minimum atomic E-state index is -0.0421. The van der Waals surface area contributed by atoms with Crippen LogP contribution in [0.5, 0.6) is 5.75 Å². The maximum absolute atomic E-state index is 12.1. The standard InChI is InChI=1S/C19H16N2O2/c22-19-16(10-13-1-2-18-15(9-13)5-8-23-18)11-17(12-21-19)14-3-6-20-7-4-14/h1-4,6-7,9,11-12H,5,8,10H2,(H,21,22). The van der Waals surface area contributed by atoms with E-state index < -0.39 is 0 Å². The molecular weight excluding hydrogens is 288 g/mol. The highest BCUT2D eigenvalue weighted by molar-refractivity contribution is 5.62. The van der Waals surface area contributed by atoms with Gasteiger partial charge in [0.1, 0.15) is 5.75 Å². The van der Waals surface area contributed by atoms with Crippen molar-refractivity contribution in [3.8, 4) is 16.9 Å². The van der Waals surface area contributed by atoms with Gasteiger partial charge in [-0.05, 0) is 46.5 Å². The summed E-state index contributed by atoms with van der Waals surface area (Å²) in [5.41, 5.74) is 5.11. The summed E-state index contributed by atoms with van der Waals surface area (Å²) in [5, 5.41) is 0. The highest BCUT2D eigenvalue weighted by atomic mass is 16.5. The zero-order valence-electron chi connectivity index (χ0n) is 12.6. The fourth-order valence-electron chi connectivity index (χ4n) is 2.94. The van der Waals surface area contributed by atoms with Gasteiger partial charge in [-0.1, -0.05) is 12.1 Å². The van der Waals surface area contributed by atoms with E-state index >= 15 is 0 Å². The highest BCUT2D eigenvalue weighted by Crippen LogP contribution is 2.27. The van der Waals surface area contributed by atoms with Crippen LogP contribution in [0.4, 0.5) is 0 Å². The maximum Gasteiger partial charge on any atom is 0.251 e. The number of aromatic amines is 1. The van der Waals surface area contributed by atoms with Crippen molar-refractivity contribution in [3.05, 3.63) is 82.0 Å². The lowest BCUT2D eigenvalue weighted by Gasteiger charge is -2.06. The van der Waals surface area contributed by atoms with Crippen molar-refractivity contribution in [2.24, 2.45) is 0 Å². The lowest BCUT2D eigenvalue weighted by Crippen LogP contribution is -2.12. The average molecular weight is 304 g/mol. The number of benzene rings is 1. The van der Waals surface area contributed by atoms with Crippen molar-refractivity contribution in [1.82, 2.24) is 9.97 Å². The average Bonchev–Trinajstić information content (AvgIpc) is 3.05. The van der Waals surface area contributed by atoms with E-state index in [2.05, 4.69) is 16.0 Å². The molecule has 0 radical (unpaired) electrons. The molecule has 0 atom stereocenters. The Kier molecular flexibility index (Phi) is 3.42. The van der Waals surface area contributed by atoms with Gasteiger partial charge in [0.25, 0.3) is 5.56 Å². The van der Waals surface area contributed by atoms with E-state index in [4.69, 9.17) is 4.74 Å². The van der Waals surface area contributed by atoms with Gasteiger partial charge in [0.15, 0.2) is 0 Å². The molecule has 1 N–H and O–H groups in total. The molecule has 4 rings (SSSR count). The molecule has 3 heterocycles. The molecule has 4 heteroatoms. The molecule has 3 aromatic rings. The van der Waals surface area contributed by atoms with Gasteiger partial charge in [-0.3, -0.25) is 9.78 Å². The number of nitrogens with one attached hydrogen (secondary N) is 1. The first-order chi connectivity index (χ1) is 11.3. The highest BCUT2D eigenvalue weighted by Gasteiger charge is 2.13. The molecule has 1 aliphatic heterocycles. The van der Waals surface area contributed by atoms with Crippen molar-refractivity contribution in [3.63, 3.8) is 0 Å². The molecule has 23 heavy (non-hydrogen) atoms. The minimum absolute atomic E-state index is 0.0421. The van der Waals surface area contributed by atoms with E-state index in [9.17, 15) is 4.79 Å². The summed E-state index contributed by atoms with van der Waals surface area (Å²) in [5.74, 6) is 0.966. The van der Waals surface area contributed by atoms with Crippen molar-refractivity contribution in [2.75, 3.05) is 6.61 Å². The third-order valence-electron chi connectivity index (χ3n) is 4.14. The van der Waals surface area contributed by atoms with Gasteiger partial charge in [0.05, 0.1) is 6.61 Å². The van der Waals surface area contributed by atoms with Crippen LogP contribution < -0.4 is 10.3 Å². The van der Waals surface area contributed by atoms with E-state index in [0.29, 0.717) is 6.42 Å². The quantitative estimate of drug-likeness (QED) is 0.809. The molecule has 0 fully saturated rings. The molecule has 0 bridgehead atoms. The molecule has 1 aliphatic rings. The number of H-pyrrole nitrogens is 1. The topological polar surface area (TPSA) is 55.0 Å². The van der Waals surface area contributed by atoms with Gasteiger partial charge in [0.2, 0.25) is 0 Å². The first kappa shape index (κ1) is 13.8. The number of ether oxygens (including phenoxy) is 1. The van der Waals surface area contributed by atoms with Crippen LogP contribution in [0.1, 0.15) is 16.7 Å². The van der Waals surface area contributed by atoms with Crippen LogP contribution in [0.25, 0.3) is 11.1 Å². The molecule has 0 aliphatic carbocycles. The molecule has 1 aromatic carbocycles. The Labute approximate surface area is 133 Å². The number of fused-ring (bicyclic) bond motifs is 1. The van der Waals surface area contributed by atoms with Crippen LogP contribution in [0.15, 0.2) is 59.8 Å². The van der Waals surface area contributed by atoms with Crippen molar-refractivity contribution in [1.29, 1.82) is 0 Å². The molecule has 2 aromatic heterocycles. The third-order valence-corrected chi connectivity index (χ3v) is 4.14. The predicted octanol–water partition coefficient (Wildman–Crippen LogP) is 2.96. The lowest BCUT2D eigenvalue weighted by molar-refractivity contribution is 0.357. The van der Waals surface area contributed by atoms with Crippen LogP contribution in [0, 0.1) is 0 Å². The summed E-state index contributed by atoms with van der Waals surface area (Å²) in [6, 6.07) is 12.0. The second-order valence-electron chi connectivity index (χ2n) is 5.70. The number of hydrogen-bond acceptors (Lipinski definition) is 3. The summed E-state index contributed by atoms with van der Waals surface area (Å²) in [4.78, 5) is 19.0. The number of nitrogens with zero attached hydrogens (tertiary/aromatic N) is 1. The number of pyridine rings is 2. The Balaban J connectivity index is 1.67. The minimum Gasteiger partial charge on any atom is -0.493 e. The van der Waals surface area contributed by atoms with Gasteiger partial charge < -0.3 is 9.72 Å². The van der Waals surface area contributed by atoms with E-state index in [1.807, 2.05) is 30.3 Å². The summed E-state index contributed by atoms with van der Waals surface area (Å²) >= 11 is 0. The first-order valence-electron chi connectivity index (χ1n) is 7.66. The SMILES string of the molecule is O=c1[nH]cc(-c2ccncc2)cc1Cc1ccc2c(c1)CCO2. The molecule has 0 saturated carbocycles. The van der Waals surface area contributed by atoms with Crippen LogP contribution in [-0.2, 0) is 12.8 Å². The molecule has 0 spiro atoms. The molecule has 4 nitrogen and oxygen atoms in total. The second-order valence-corrected chi connectivity index (χ2v) is 5.70.